The van der Waals surface area contributed by atoms with E-state index in [2.05, 4.69) is 0 Å². The Bertz CT molecular complexity index is 1300. The van der Waals surface area contributed by atoms with Crippen LogP contribution in [-0.4, -0.2) is 26.0 Å². The highest BCUT2D eigenvalue weighted by molar-refractivity contribution is 8.26. The third kappa shape index (κ3) is 5.38. The molecule has 4 rings (SSSR count). The van der Waals surface area contributed by atoms with Crippen molar-refractivity contribution >= 4 is 51.9 Å². The van der Waals surface area contributed by atoms with Gasteiger partial charge in [0.1, 0.15) is 10.1 Å². The summed E-state index contributed by atoms with van der Waals surface area (Å²) < 4.78 is 5.83. The molecule has 0 unspecified atom stereocenters. The number of ether oxygens (including phenoxy) is 1. The molecular weight excluding hydrogens is 472 g/mol. The standard InChI is InChI=1S/C25H18N2O5S2/c1-16-2-4-18(5-3-16)15-26-23(28)22(34-25(26)33)14-17-6-12-21(13-7-17)32-24(29)19-8-10-20(11-9-19)27(30)31/h2-14H,15H2,1H3/b22-14-. The number of non-ortho nitro benzene ring substituents is 1. The van der Waals surface area contributed by atoms with E-state index >= 15 is 0 Å². The van der Waals surface area contributed by atoms with E-state index in [1.54, 1.807) is 35.2 Å². The van der Waals surface area contributed by atoms with E-state index in [4.69, 9.17) is 17.0 Å². The zero-order chi connectivity index (χ0) is 24.2. The number of thiocarbonyl (C=S) groups is 1. The molecule has 9 heteroatoms. The van der Waals surface area contributed by atoms with E-state index in [9.17, 15) is 19.7 Å². The number of hydrogen-bond donors (Lipinski definition) is 0. The predicted octanol–water partition coefficient (Wildman–Crippen LogP) is 5.52. The Balaban J connectivity index is 1.41. The van der Waals surface area contributed by atoms with Crippen LogP contribution in [-0.2, 0) is 11.3 Å². The lowest BCUT2D eigenvalue weighted by Crippen LogP contribution is -2.27. The number of esters is 1. The lowest BCUT2D eigenvalue weighted by Gasteiger charge is -2.14. The number of nitrogens with zero attached hydrogens (tertiary/aromatic N) is 2. The molecule has 3 aromatic carbocycles. The van der Waals surface area contributed by atoms with Crippen LogP contribution in [0.1, 0.15) is 27.0 Å². The highest BCUT2D eigenvalue weighted by Gasteiger charge is 2.31. The molecule has 0 N–H and O–H groups in total. The Morgan fingerprint density at radius 2 is 1.71 bits per heavy atom. The molecule has 0 aromatic heterocycles. The summed E-state index contributed by atoms with van der Waals surface area (Å²) >= 11 is 6.66. The molecule has 7 nitrogen and oxygen atoms in total. The molecule has 1 amide bonds. The highest BCUT2D eigenvalue weighted by Crippen LogP contribution is 2.34. The molecule has 170 valence electrons. The average molecular weight is 491 g/mol. The number of rotatable bonds is 6. The number of amides is 1. The summed E-state index contributed by atoms with van der Waals surface area (Å²) in [5.74, 6) is -0.462. The molecule has 1 aliphatic heterocycles. The van der Waals surface area contributed by atoms with Crippen molar-refractivity contribution < 1.29 is 19.2 Å². The van der Waals surface area contributed by atoms with E-state index in [0.29, 0.717) is 21.5 Å². The quantitative estimate of drug-likeness (QED) is 0.112. The summed E-state index contributed by atoms with van der Waals surface area (Å²) in [6.45, 7) is 2.42. The van der Waals surface area contributed by atoms with Gasteiger partial charge in [-0.05, 0) is 48.4 Å². The lowest BCUT2D eigenvalue weighted by molar-refractivity contribution is -0.384. The van der Waals surface area contributed by atoms with Gasteiger partial charge >= 0.3 is 5.97 Å². The number of carbonyl (C=O) groups excluding carboxylic acids is 2. The molecule has 0 atom stereocenters. The maximum absolute atomic E-state index is 12.9. The second-order valence-electron chi connectivity index (χ2n) is 7.52. The van der Waals surface area contributed by atoms with Gasteiger partial charge in [-0.15, -0.1) is 0 Å². The SMILES string of the molecule is Cc1ccc(CN2C(=O)/C(=C/c3ccc(OC(=O)c4ccc([N+](=O)[O-])cc4)cc3)SC2=S)cc1. The van der Waals surface area contributed by atoms with Crippen molar-refractivity contribution in [2.24, 2.45) is 0 Å². The van der Waals surface area contributed by atoms with Gasteiger partial charge in [0.15, 0.2) is 0 Å². The fourth-order valence-corrected chi connectivity index (χ4v) is 4.44. The average Bonchev–Trinajstić information content (AvgIpc) is 3.09. The second kappa shape index (κ2) is 9.98. The van der Waals surface area contributed by atoms with E-state index in [-0.39, 0.29) is 17.2 Å². The van der Waals surface area contributed by atoms with Crippen LogP contribution < -0.4 is 4.74 Å². The number of carbonyl (C=O) groups is 2. The van der Waals surface area contributed by atoms with Gasteiger partial charge in [-0.2, -0.15) is 0 Å². The number of nitro benzene ring substituents is 1. The smallest absolute Gasteiger partial charge is 0.343 e. The van der Waals surface area contributed by atoms with E-state index < -0.39 is 10.9 Å². The summed E-state index contributed by atoms with van der Waals surface area (Å²) in [5.41, 5.74) is 3.00. The van der Waals surface area contributed by atoms with Crippen molar-refractivity contribution in [3.05, 3.63) is 110 Å². The van der Waals surface area contributed by atoms with E-state index in [1.165, 1.54) is 36.0 Å². The van der Waals surface area contributed by atoms with Crippen molar-refractivity contribution in [3.63, 3.8) is 0 Å². The Morgan fingerprint density at radius 3 is 2.32 bits per heavy atom. The summed E-state index contributed by atoms with van der Waals surface area (Å²) in [5, 5.41) is 10.7. The minimum atomic E-state index is -0.625. The number of thioether (sulfide) groups is 1. The van der Waals surface area contributed by atoms with Gasteiger partial charge in [0.25, 0.3) is 11.6 Å². The molecule has 0 aliphatic carbocycles. The third-order valence-electron chi connectivity index (χ3n) is 5.04. The van der Waals surface area contributed by atoms with Crippen LogP contribution in [0.4, 0.5) is 5.69 Å². The first-order valence-corrected chi connectivity index (χ1v) is 11.4. The first kappa shape index (κ1) is 23.3. The van der Waals surface area contributed by atoms with E-state index in [0.717, 1.165) is 16.7 Å². The number of benzene rings is 3. The highest BCUT2D eigenvalue weighted by atomic mass is 32.2. The molecule has 0 spiro atoms. The van der Waals surface area contributed by atoms with Crippen LogP contribution in [0.5, 0.6) is 5.75 Å². The van der Waals surface area contributed by atoms with Crippen LogP contribution in [0.15, 0.2) is 77.7 Å². The largest absolute Gasteiger partial charge is 0.423 e. The molecule has 0 bridgehead atoms. The fraction of sp³-hybridized carbons (Fsp3) is 0.0800. The normalized spacial score (nSPS) is 14.5. The molecule has 1 aliphatic rings. The molecule has 0 radical (unpaired) electrons. The second-order valence-corrected chi connectivity index (χ2v) is 9.19. The van der Waals surface area contributed by atoms with Gasteiger partial charge in [0.2, 0.25) is 0 Å². The van der Waals surface area contributed by atoms with Crippen molar-refractivity contribution in [2.45, 2.75) is 13.5 Å². The number of hydrogen-bond acceptors (Lipinski definition) is 7. The Hall–Kier alpha value is -3.82. The predicted molar refractivity (Wildman–Crippen MR) is 134 cm³/mol. The van der Waals surface area contributed by atoms with Crippen LogP contribution in [0.3, 0.4) is 0 Å². The topological polar surface area (TPSA) is 89.8 Å². The fourth-order valence-electron chi connectivity index (χ4n) is 3.18. The van der Waals surface area contributed by atoms with Crippen LogP contribution in [0.25, 0.3) is 6.08 Å². The minimum absolute atomic E-state index is 0.106. The van der Waals surface area contributed by atoms with Gasteiger partial charge in [0, 0.05) is 12.1 Å². The molecule has 1 fully saturated rings. The monoisotopic (exact) mass is 490 g/mol. The van der Waals surface area contributed by atoms with Crippen LogP contribution in [0, 0.1) is 17.0 Å². The Kier molecular flexibility index (Phi) is 6.85. The summed E-state index contributed by atoms with van der Waals surface area (Å²) in [7, 11) is 0. The molecule has 0 saturated carbocycles. The van der Waals surface area contributed by atoms with E-state index in [1.807, 2.05) is 31.2 Å². The maximum Gasteiger partial charge on any atom is 0.343 e. The van der Waals surface area contributed by atoms with Crippen molar-refractivity contribution in [1.29, 1.82) is 0 Å². The maximum atomic E-state index is 12.9. The minimum Gasteiger partial charge on any atom is -0.423 e. The van der Waals surface area contributed by atoms with Gasteiger partial charge in [-0.1, -0.05) is 65.9 Å². The van der Waals surface area contributed by atoms with Gasteiger partial charge in [0.05, 0.1) is 21.9 Å². The summed E-state index contributed by atoms with van der Waals surface area (Å²) in [4.78, 5) is 37.4. The van der Waals surface area contributed by atoms with Gasteiger partial charge in [-0.25, -0.2) is 4.79 Å². The lowest BCUT2D eigenvalue weighted by atomic mass is 10.1. The Morgan fingerprint density at radius 1 is 1.06 bits per heavy atom. The van der Waals surface area contributed by atoms with Gasteiger partial charge < -0.3 is 4.74 Å². The van der Waals surface area contributed by atoms with Crippen LogP contribution in [0.2, 0.25) is 0 Å². The number of aryl methyl sites for hydroxylation is 1. The zero-order valence-corrected chi connectivity index (χ0v) is 19.6. The Labute approximate surface area is 205 Å². The summed E-state index contributed by atoms with van der Waals surface area (Å²) in [6, 6.07) is 19.8. The van der Waals surface area contributed by atoms with Crippen molar-refractivity contribution in [2.75, 3.05) is 0 Å². The number of nitro groups is 1. The van der Waals surface area contributed by atoms with Crippen LogP contribution >= 0.6 is 24.0 Å². The first-order chi connectivity index (χ1) is 16.3. The molecule has 1 heterocycles. The molecule has 3 aromatic rings. The zero-order valence-electron chi connectivity index (χ0n) is 18.0. The molecule has 1 saturated heterocycles. The van der Waals surface area contributed by atoms with Crippen molar-refractivity contribution in [1.82, 2.24) is 4.90 Å². The third-order valence-corrected chi connectivity index (χ3v) is 6.41. The molecular formula is C25H18N2O5S2. The molecule has 34 heavy (non-hydrogen) atoms. The van der Waals surface area contributed by atoms with Gasteiger partial charge in [-0.3, -0.25) is 19.8 Å². The first-order valence-electron chi connectivity index (χ1n) is 10.2. The summed E-state index contributed by atoms with van der Waals surface area (Å²) in [6.07, 6.45) is 1.75. The van der Waals surface area contributed by atoms with Crippen molar-refractivity contribution in [3.8, 4) is 5.75 Å².